The molecule has 0 fully saturated rings. The molecule has 0 unspecified atom stereocenters. The fourth-order valence-corrected chi connectivity index (χ4v) is 4.52. The maximum absolute atomic E-state index is 9.47. The SMILES string of the molecule is Cc1ccccc1-n1c(N)c(-c2nc3ccccc3s2)c2nc(C#N)c(C#N)nc21. The summed E-state index contributed by atoms with van der Waals surface area (Å²) in [6, 6.07) is 19.5. The van der Waals surface area contributed by atoms with Gasteiger partial charge in [0.1, 0.15) is 28.5 Å². The lowest BCUT2D eigenvalue weighted by molar-refractivity contribution is 1.07. The van der Waals surface area contributed by atoms with Gasteiger partial charge in [-0.2, -0.15) is 10.5 Å². The molecule has 0 aliphatic rings. The summed E-state index contributed by atoms with van der Waals surface area (Å²) in [5.41, 5.74) is 10.7. The number of fused-ring (bicyclic) bond motifs is 2. The molecule has 0 amide bonds. The molecule has 5 rings (SSSR count). The Hall–Kier alpha value is -4.27. The van der Waals surface area contributed by atoms with Crippen molar-refractivity contribution in [3.05, 3.63) is 65.5 Å². The van der Waals surface area contributed by atoms with E-state index in [-0.39, 0.29) is 11.4 Å². The van der Waals surface area contributed by atoms with E-state index in [0.717, 1.165) is 21.5 Å². The summed E-state index contributed by atoms with van der Waals surface area (Å²) in [7, 11) is 0. The smallest absolute Gasteiger partial charge is 0.179 e. The third-order valence-corrected chi connectivity index (χ3v) is 5.95. The first kappa shape index (κ1) is 17.8. The van der Waals surface area contributed by atoms with Crippen LogP contribution in [-0.2, 0) is 0 Å². The quantitative estimate of drug-likeness (QED) is 0.465. The fourth-order valence-electron chi connectivity index (χ4n) is 3.50. The molecule has 2 aromatic carbocycles. The Balaban J connectivity index is 1.94. The number of nitrogens with zero attached hydrogens (tertiary/aromatic N) is 6. The number of nitrogen functional groups attached to an aromatic ring is 1. The van der Waals surface area contributed by atoms with E-state index in [4.69, 9.17) is 10.7 Å². The Morgan fingerprint density at radius 3 is 2.37 bits per heavy atom. The number of aromatic nitrogens is 4. The molecule has 0 aliphatic heterocycles. The molecule has 30 heavy (non-hydrogen) atoms. The van der Waals surface area contributed by atoms with E-state index in [2.05, 4.69) is 9.97 Å². The van der Waals surface area contributed by atoms with Crippen molar-refractivity contribution in [1.29, 1.82) is 10.5 Å². The Kier molecular flexibility index (Phi) is 3.95. The van der Waals surface area contributed by atoms with Crippen molar-refractivity contribution in [1.82, 2.24) is 19.5 Å². The van der Waals surface area contributed by atoms with Gasteiger partial charge in [-0.05, 0) is 30.7 Å². The maximum Gasteiger partial charge on any atom is 0.179 e. The van der Waals surface area contributed by atoms with E-state index in [1.807, 2.05) is 67.6 Å². The van der Waals surface area contributed by atoms with Crippen LogP contribution in [0.4, 0.5) is 5.82 Å². The molecule has 0 aliphatic carbocycles. The van der Waals surface area contributed by atoms with Gasteiger partial charge in [-0.25, -0.2) is 15.0 Å². The van der Waals surface area contributed by atoms with Gasteiger partial charge in [0, 0.05) is 0 Å². The van der Waals surface area contributed by atoms with Crippen LogP contribution < -0.4 is 5.73 Å². The molecule has 3 aromatic heterocycles. The highest BCUT2D eigenvalue weighted by molar-refractivity contribution is 7.21. The first-order valence-corrected chi connectivity index (χ1v) is 9.88. The van der Waals surface area contributed by atoms with E-state index >= 15 is 0 Å². The first-order chi connectivity index (χ1) is 14.6. The molecule has 0 spiro atoms. The summed E-state index contributed by atoms with van der Waals surface area (Å²) in [5.74, 6) is 0.414. The Labute approximate surface area is 175 Å². The van der Waals surface area contributed by atoms with Crippen LogP contribution in [0.5, 0.6) is 0 Å². The second kappa shape index (κ2) is 6.66. The third kappa shape index (κ3) is 2.52. The number of hydrogen-bond donors (Lipinski definition) is 1. The van der Waals surface area contributed by atoms with E-state index in [1.54, 1.807) is 4.57 Å². The number of nitriles is 2. The van der Waals surface area contributed by atoms with Crippen LogP contribution in [0.3, 0.4) is 0 Å². The Morgan fingerprint density at radius 2 is 1.63 bits per heavy atom. The average molecular weight is 407 g/mol. The standard InChI is InChI=1S/C22H13N7S/c1-12-6-2-4-8-16(12)29-20(25)18(22-28-13-7-3-5-9-17(13)30-22)19-21(29)27-15(11-24)14(10-23)26-19/h2-9H,25H2,1H3. The zero-order valence-electron chi connectivity index (χ0n) is 15.8. The summed E-state index contributed by atoms with van der Waals surface area (Å²) in [4.78, 5) is 13.7. The average Bonchev–Trinajstić information content (AvgIpc) is 3.30. The van der Waals surface area contributed by atoms with Gasteiger partial charge >= 0.3 is 0 Å². The van der Waals surface area contributed by atoms with Crippen molar-refractivity contribution in [3.8, 4) is 28.4 Å². The minimum absolute atomic E-state index is 0.0331. The van der Waals surface area contributed by atoms with Gasteiger partial charge in [0.25, 0.3) is 0 Å². The fraction of sp³-hybridized carbons (Fsp3) is 0.0455. The van der Waals surface area contributed by atoms with Crippen molar-refractivity contribution in [2.24, 2.45) is 0 Å². The van der Waals surface area contributed by atoms with Gasteiger partial charge in [0.15, 0.2) is 17.0 Å². The molecule has 0 radical (unpaired) electrons. The van der Waals surface area contributed by atoms with Gasteiger partial charge < -0.3 is 5.73 Å². The number of nitrogens with two attached hydrogens (primary N) is 1. The molecule has 0 saturated heterocycles. The molecule has 0 bridgehead atoms. The lowest BCUT2D eigenvalue weighted by atomic mass is 10.2. The van der Waals surface area contributed by atoms with Crippen molar-refractivity contribution >= 4 is 38.5 Å². The molecule has 142 valence electrons. The normalized spacial score (nSPS) is 10.9. The van der Waals surface area contributed by atoms with E-state index in [9.17, 15) is 10.5 Å². The molecule has 7 nitrogen and oxygen atoms in total. The highest BCUT2D eigenvalue weighted by atomic mass is 32.1. The number of hydrogen-bond acceptors (Lipinski definition) is 7. The molecule has 0 saturated carbocycles. The van der Waals surface area contributed by atoms with Crippen LogP contribution in [0.2, 0.25) is 0 Å². The van der Waals surface area contributed by atoms with Crippen molar-refractivity contribution in [2.45, 2.75) is 6.92 Å². The summed E-state index contributed by atoms with van der Waals surface area (Å²) in [6.45, 7) is 1.97. The van der Waals surface area contributed by atoms with Crippen LogP contribution >= 0.6 is 11.3 Å². The molecule has 0 atom stereocenters. The molecule has 2 N–H and O–H groups in total. The summed E-state index contributed by atoms with van der Waals surface area (Å²) >= 11 is 1.50. The number of thiazole rings is 1. The van der Waals surface area contributed by atoms with Gasteiger partial charge in [0.05, 0.1) is 21.5 Å². The van der Waals surface area contributed by atoms with Gasteiger partial charge in [0.2, 0.25) is 0 Å². The van der Waals surface area contributed by atoms with E-state index < -0.39 is 0 Å². The van der Waals surface area contributed by atoms with Crippen LogP contribution in [0, 0.1) is 29.6 Å². The van der Waals surface area contributed by atoms with Crippen LogP contribution in [0.15, 0.2) is 48.5 Å². The molecule has 5 aromatic rings. The third-order valence-electron chi connectivity index (χ3n) is 4.90. The van der Waals surface area contributed by atoms with Crippen molar-refractivity contribution < 1.29 is 0 Å². The summed E-state index contributed by atoms with van der Waals surface area (Å²) in [5, 5.41) is 19.6. The lowest BCUT2D eigenvalue weighted by Crippen LogP contribution is -2.04. The van der Waals surface area contributed by atoms with Crippen molar-refractivity contribution in [3.63, 3.8) is 0 Å². The minimum Gasteiger partial charge on any atom is -0.384 e. The molecular weight excluding hydrogens is 394 g/mol. The minimum atomic E-state index is -0.0341. The van der Waals surface area contributed by atoms with Gasteiger partial charge in [-0.3, -0.25) is 4.57 Å². The second-order valence-electron chi connectivity index (χ2n) is 6.69. The Bertz CT molecular complexity index is 1510. The predicted octanol–water partition coefficient (Wildman–Crippen LogP) is 4.33. The topological polar surface area (TPSA) is 117 Å². The van der Waals surface area contributed by atoms with E-state index in [1.165, 1.54) is 11.3 Å². The monoisotopic (exact) mass is 407 g/mol. The lowest BCUT2D eigenvalue weighted by Gasteiger charge is -2.10. The number of aryl methyl sites for hydroxylation is 1. The molecule has 8 heteroatoms. The number of rotatable bonds is 2. The summed E-state index contributed by atoms with van der Waals surface area (Å²) < 4.78 is 2.80. The largest absolute Gasteiger partial charge is 0.384 e. The van der Waals surface area contributed by atoms with Crippen LogP contribution in [0.1, 0.15) is 17.0 Å². The first-order valence-electron chi connectivity index (χ1n) is 9.06. The second-order valence-corrected chi connectivity index (χ2v) is 7.72. The number of benzene rings is 2. The zero-order chi connectivity index (χ0) is 20.8. The highest BCUT2D eigenvalue weighted by Gasteiger charge is 2.25. The summed E-state index contributed by atoms with van der Waals surface area (Å²) in [6.07, 6.45) is 0. The Morgan fingerprint density at radius 1 is 0.933 bits per heavy atom. The number of para-hydroxylation sites is 2. The van der Waals surface area contributed by atoms with Gasteiger partial charge in [-0.1, -0.05) is 30.3 Å². The van der Waals surface area contributed by atoms with Gasteiger partial charge in [-0.15, -0.1) is 11.3 Å². The predicted molar refractivity (Wildman–Crippen MR) is 116 cm³/mol. The molecule has 3 heterocycles. The zero-order valence-corrected chi connectivity index (χ0v) is 16.6. The van der Waals surface area contributed by atoms with E-state index in [0.29, 0.717) is 27.6 Å². The number of anilines is 1. The van der Waals surface area contributed by atoms with Crippen molar-refractivity contribution in [2.75, 3.05) is 5.73 Å². The van der Waals surface area contributed by atoms with Crippen LogP contribution in [-0.4, -0.2) is 19.5 Å². The van der Waals surface area contributed by atoms with Crippen LogP contribution in [0.25, 0.3) is 37.6 Å². The molecular formula is C22H13N7S. The maximum atomic E-state index is 9.47. The highest BCUT2D eigenvalue weighted by Crippen LogP contribution is 2.41.